The fraction of sp³-hybridized carbons (Fsp3) is 0.0714. The molecule has 6 nitrogen and oxygen atoms in total. The van der Waals surface area contributed by atoms with Gasteiger partial charge >= 0.3 is 12.2 Å². The van der Waals surface area contributed by atoms with Gasteiger partial charge < -0.3 is 10.6 Å². The van der Waals surface area contributed by atoms with E-state index in [9.17, 15) is 28.1 Å². The predicted molar refractivity (Wildman–Crippen MR) is 77.2 cm³/mol. The van der Waals surface area contributed by atoms with Crippen LogP contribution in [0.5, 0.6) is 0 Å². The number of urea groups is 1. The first-order chi connectivity index (χ1) is 10.8. The third-order valence-corrected chi connectivity index (χ3v) is 2.82. The van der Waals surface area contributed by atoms with Crippen LogP contribution >= 0.6 is 0 Å². The summed E-state index contributed by atoms with van der Waals surface area (Å²) in [6, 6.07) is 8.50. The van der Waals surface area contributed by atoms with Gasteiger partial charge in [0.2, 0.25) is 0 Å². The molecule has 0 fully saturated rings. The SMILES string of the molecule is O=C(Nc1ccc(C(F)(F)F)cc1)Nc1ccccc1[N+](=O)[O-]. The normalized spacial score (nSPS) is 10.9. The lowest BCUT2D eigenvalue weighted by atomic mass is 10.2. The van der Waals surface area contributed by atoms with E-state index in [1.54, 1.807) is 0 Å². The van der Waals surface area contributed by atoms with Gasteiger partial charge in [-0.3, -0.25) is 10.1 Å². The first-order valence-corrected chi connectivity index (χ1v) is 6.26. The van der Waals surface area contributed by atoms with Crippen LogP contribution in [0.3, 0.4) is 0 Å². The number of nitro groups is 1. The molecule has 2 N–H and O–H groups in total. The Balaban J connectivity index is 2.07. The zero-order valence-electron chi connectivity index (χ0n) is 11.4. The van der Waals surface area contributed by atoms with Crippen LogP contribution in [-0.2, 0) is 6.18 Å². The molecule has 0 atom stereocenters. The number of anilines is 2. The van der Waals surface area contributed by atoms with Crippen LogP contribution < -0.4 is 10.6 Å². The lowest BCUT2D eigenvalue weighted by molar-refractivity contribution is -0.383. The maximum Gasteiger partial charge on any atom is 0.416 e. The highest BCUT2D eigenvalue weighted by Crippen LogP contribution is 2.30. The van der Waals surface area contributed by atoms with Gasteiger partial charge in [0.15, 0.2) is 0 Å². The van der Waals surface area contributed by atoms with Crippen LogP contribution in [0, 0.1) is 10.1 Å². The molecule has 2 amide bonds. The largest absolute Gasteiger partial charge is 0.416 e. The molecular formula is C14H10F3N3O3. The van der Waals surface area contributed by atoms with E-state index in [4.69, 9.17) is 0 Å². The van der Waals surface area contributed by atoms with Crippen LogP contribution in [0.2, 0.25) is 0 Å². The molecule has 2 aromatic carbocycles. The smallest absolute Gasteiger partial charge is 0.308 e. The molecule has 2 rings (SSSR count). The fourth-order valence-electron chi connectivity index (χ4n) is 1.77. The standard InChI is InChI=1S/C14H10F3N3O3/c15-14(16,17)9-5-7-10(8-6-9)18-13(21)19-11-3-1-2-4-12(11)20(22)23/h1-8H,(H2,18,19,21). The number of rotatable bonds is 3. The molecule has 0 spiro atoms. The molecule has 0 saturated carbocycles. The highest BCUT2D eigenvalue weighted by molar-refractivity contribution is 6.01. The topological polar surface area (TPSA) is 84.3 Å². The lowest BCUT2D eigenvalue weighted by Gasteiger charge is -2.10. The Hall–Kier alpha value is -3.10. The summed E-state index contributed by atoms with van der Waals surface area (Å²) in [5.41, 5.74) is -1.05. The van der Waals surface area contributed by atoms with Gasteiger partial charge in [-0.05, 0) is 30.3 Å². The second-order valence-electron chi connectivity index (χ2n) is 4.43. The van der Waals surface area contributed by atoms with Crippen molar-refractivity contribution >= 4 is 23.1 Å². The number of carbonyl (C=O) groups excluding carboxylic acids is 1. The zero-order chi connectivity index (χ0) is 17.0. The molecule has 9 heteroatoms. The van der Waals surface area contributed by atoms with Crippen molar-refractivity contribution in [3.8, 4) is 0 Å². The fourth-order valence-corrected chi connectivity index (χ4v) is 1.77. The lowest BCUT2D eigenvalue weighted by Crippen LogP contribution is -2.20. The van der Waals surface area contributed by atoms with E-state index in [0.717, 1.165) is 24.3 Å². The number of amides is 2. The predicted octanol–water partition coefficient (Wildman–Crippen LogP) is 4.26. The number of carbonyl (C=O) groups is 1. The molecule has 0 aromatic heterocycles. The average molecular weight is 325 g/mol. The number of hydrogen-bond donors (Lipinski definition) is 2. The Bertz CT molecular complexity index is 730. The van der Waals surface area contributed by atoms with Crippen molar-refractivity contribution in [2.45, 2.75) is 6.18 Å². The quantitative estimate of drug-likeness (QED) is 0.653. The van der Waals surface area contributed by atoms with Crippen LogP contribution in [0.15, 0.2) is 48.5 Å². The Morgan fingerprint density at radius 3 is 2.17 bits per heavy atom. The average Bonchev–Trinajstić information content (AvgIpc) is 2.47. The number of halogens is 3. The highest BCUT2D eigenvalue weighted by Gasteiger charge is 2.30. The van der Waals surface area contributed by atoms with Gasteiger partial charge in [-0.25, -0.2) is 4.79 Å². The minimum absolute atomic E-state index is 0.0260. The molecule has 0 aliphatic heterocycles. The van der Waals surface area contributed by atoms with Gasteiger partial charge in [0.1, 0.15) is 5.69 Å². The summed E-state index contributed by atoms with van der Waals surface area (Å²) in [6.45, 7) is 0. The van der Waals surface area contributed by atoms with Crippen molar-refractivity contribution in [3.05, 3.63) is 64.2 Å². The van der Waals surface area contributed by atoms with E-state index < -0.39 is 22.7 Å². The van der Waals surface area contributed by atoms with Crippen LogP contribution in [0.4, 0.5) is 35.0 Å². The van der Waals surface area contributed by atoms with Crippen molar-refractivity contribution in [3.63, 3.8) is 0 Å². The molecule has 2 aromatic rings. The van der Waals surface area contributed by atoms with Crippen molar-refractivity contribution < 1.29 is 22.9 Å². The molecule has 0 bridgehead atoms. The van der Waals surface area contributed by atoms with Crippen LogP contribution in [-0.4, -0.2) is 11.0 Å². The van der Waals surface area contributed by atoms with E-state index in [1.165, 1.54) is 24.3 Å². The second-order valence-corrected chi connectivity index (χ2v) is 4.43. The van der Waals surface area contributed by atoms with E-state index in [2.05, 4.69) is 10.6 Å². The molecule has 0 unspecified atom stereocenters. The van der Waals surface area contributed by atoms with E-state index in [1.807, 2.05) is 0 Å². The number of benzene rings is 2. The highest BCUT2D eigenvalue weighted by atomic mass is 19.4. The zero-order valence-corrected chi connectivity index (χ0v) is 11.4. The molecule has 0 saturated heterocycles. The Morgan fingerprint density at radius 1 is 1.00 bits per heavy atom. The summed E-state index contributed by atoms with van der Waals surface area (Å²) in [7, 11) is 0. The van der Waals surface area contributed by atoms with Gasteiger partial charge in [-0.15, -0.1) is 0 Å². The number of nitrogens with one attached hydrogen (secondary N) is 2. The molecule has 0 aliphatic rings. The maximum absolute atomic E-state index is 12.4. The van der Waals surface area contributed by atoms with E-state index in [0.29, 0.717) is 0 Å². The third-order valence-electron chi connectivity index (χ3n) is 2.82. The van der Waals surface area contributed by atoms with Crippen molar-refractivity contribution in [1.29, 1.82) is 0 Å². The summed E-state index contributed by atoms with van der Waals surface area (Å²) < 4.78 is 37.3. The van der Waals surface area contributed by atoms with Gasteiger partial charge in [-0.1, -0.05) is 12.1 Å². The monoisotopic (exact) mass is 325 g/mol. The molecule has 0 aliphatic carbocycles. The molecule has 0 heterocycles. The minimum Gasteiger partial charge on any atom is -0.308 e. The van der Waals surface area contributed by atoms with E-state index in [-0.39, 0.29) is 17.1 Å². The summed E-state index contributed by atoms with van der Waals surface area (Å²) in [5, 5.41) is 15.4. The van der Waals surface area contributed by atoms with Crippen molar-refractivity contribution in [2.75, 3.05) is 10.6 Å². The van der Waals surface area contributed by atoms with Gasteiger partial charge in [0, 0.05) is 11.8 Å². The number of para-hydroxylation sites is 2. The molecular weight excluding hydrogens is 315 g/mol. The number of alkyl halides is 3. The minimum atomic E-state index is -4.47. The second kappa shape index (κ2) is 6.34. The number of nitrogens with zero attached hydrogens (tertiary/aromatic N) is 1. The summed E-state index contributed by atoms with van der Waals surface area (Å²) >= 11 is 0. The van der Waals surface area contributed by atoms with Gasteiger partial charge in [0.05, 0.1) is 10.5 Å². The first-order valence-electron chi connectivity index (χ1n) is 6.26. The summed E-state index contributed by atoms with van der Waals surface area (Å²) in [6.07, 6.45) is -4.47. The summed E-state index contributed by atoms with van der Waals surface area (Å²) in [4.78, 5) is 21.9. The van der Waals surface area contributed by atoms with E-state index >= 15 is 0 Å². The number of hydrogen-bond acceptors (Lipinski definition) is 3. The Kier molecular flexibility index (Phi) is 4.49. The molecule has 23 heavy (non-hydrogen) atoms. The number of nitro benzene ring substituents is 1. The van der Waals surface area contributed by atoms with Crippen LogP contribution in [0.25, 0.3) is 0 Å². The first kappa shape index (κ1) is 16.3. The Labute approximate surface area is 128 Å². The Morgan fingerprint density at radius 2 is 1.61 bits per heavy atom. The molecule has 0 radical (unpaired) electrons. The molecule has 120 valence electrons. The van der Waals surface area contributed by atoms with Crippen molar-refractivity contribution in [2.24, 2.45) is 0 Å². The third kappa shape index (κ3) is 4.19. The van der Waals surface area contributed by atoms with Crippen molar-refractivity contribution in [1.82, 2.24) is 0 Å². The maximum atomic E-state index is 12.4. The van der Waals surface area contributed by atoms with Gasteiger partial charge in [-0.2, -0.15) is 13.2 Å². The summed E-state index contributed by atoms with van der Waals surface area (Å²) in [5.74, 6) is 0. The van der Waals surface area contributed by atoms with Gasteiger partial charge in [0.25, 0.3) is 5.69 Å². The van der Waals surface area contributed by atoms with Crippen LogP contribution in [0.1, 0.15) is 5.56 Å².